The van der Waals surface area contributed by atoms with Crippen LogP contribution in [0.25, 0.3) is 22.0 Å². The van der Waals surface area contributed by atoms with Crippen LogP contribution in [0.5, 0.6) is 5.88 Å². The van der Waals surface area contributed by atoms with Gasteiger partial charge in [0, 0.05) is 16.7 Å². The number of nitrogens with zero attached hydrogens (tertiary/aromatic N) is 4. The molecule has 0 saturated heterocycles. The first-order chi connectivity index (χ1) is 17.2. The number of carbonyl (C=O) groups is 1. The van der Waals surface area contributed by atoms with Crippen molar-refractivity contribution in [2.75, 3.05) is 11.2 Å². The van der Waals surface area contributed by atoms with Crippen molar-refractivity contribution in [3.05, 3.63) is 108 Å². The molecule has 4 aromatic carbocycles. The van der Waals surface area contributed by atoms with E-state index in [2.05, 4.69) is 27.3 Å². The lowest BCUT2D eigenvalue weighted by Crippen LogP contribution is -2.37. The Kier molecular flexibility index (Phi) is 5.39. The molecule has 0 aliphatic carbocycles. The summed E-state index contributed by atoms with van der Waals surface area (Å²) < 4.78 is 6.61. The van der Waals surface area contributed by atoms with E-state index >= 15 is 0 Å². The van der Waals surface area contributed by atoms with Crippen LogP contribution < -0.4 is 9.64 Å². The van der Waals surface area contributed by atoms with Crippen LogP contribution >= 0.6 is 11.8 Å². The molecule has 2 heterocycles. The summed E-state index contributed by atoms with van der Waals surface area (Å²) in [5.74, 6) is 0.167. The van der Waals surface area contributed by atoms with Crippen LogP contribution in [0.3, 0.4) is 0 Å². The molecular formula is C28H20N4O2S. The fraction of sp³-hybridized carbons (Fsp3) is 0.0714. The maximum atomic E-state index is 14.1. The van der Waals surface area contributed by atoms with Gasteiger partial charge in [-0.2, -0.15) is 4.98 Å². The summed E-state index contributed by atoms with van der Waals surface area (Å²) in [6, 6.07) is 31.0. The number of thioether (sulfide) groups is 1. The molecule has 35 heavy (non-hydrogen) atoms. The molecule has 1 aromatic heterocycles. The highest BCUT2D eigenvalue weighted by molar-refractivity contribution is 7.98. The fourth-order valence-corrected chi connectivity index (χ4v) is 4.70. The van der Waals surface area contributed by atoms with Crippen LogP contribution in [-0.2, 0) is 0 Å². The highest BCUT2D eigenvalue weighted by Crippen LogP contribution is 2.44. The summed E-state index contributed by atoms with van der Waals surface area (Å²) in [5, 5.41) is 11.3. The predicted octanol–water partition coefficient (Wildman–Crippen LogP) is 6.15. The van der Waals surface area contributed by atoms with E-state index in [1.807, 2.05) is 91.2 Å². The number of aromatic nitrogens is 3. The third-order valence-corrected chi connectivity index (χ3v) is 6.56. The second-order valence-electron chi connectivity index (χ2n) is 8.05. The number of hydrogen-bond acceptors (Lipinski definition) is 6. The second kappa shape index (κ2) is 8.85. The molecule has 1 aliphatic rings. The minimum absolute atomic E-state index is 0.179. The van der Waals surface area contributed by atoms with Crippen molar-refractivity contribution in [3.63, 3.8) is 0 Å². The second-order valence-corrected chi connectivity index (χ2v) is 8.82. The molecule has 0 saturated carbocycles. The summed E-state index contributed by atoms with van der Waals surface area (Å²) in [7, 11) is 0. The smallest absolute Gasteiger partial charge is 0.261 e. The highest BCUT2D eigenvalue weighted by Gasteiger charge is 2.37. The molecule has 1 atom stereocenters. The molecule has 6 nitrogen and oxygen atoms in total. The van der Waals surface area contributed by atoms with E-state index in [0.29, 0.717) is 28.0 Å². The molecule has 0 spiro atoms. The van der Waals surface area contributed by atoms with Crippen LogP contribution in [0.1, 0.15) is 22.1 Å². The Labute approximate surface area is 206 Å². The van der Waals surface area contributed by atoms with Crippen molar-refractivity contribution in [2.45, 2.75) is 11.4 Å². The predicted molar refractivity (Wildman–Crippen MR) is 138 cm³/mol. The van der Waals surface area contributed by atoms with Crippen LogP contribution in [0.4, 0.5) is 5.69 Å². The summed E-state index contributed by atoms with van der Waals surface area (Å²) in [5.41, 5.74) is 3.35. The van der Waals surface area contributed by atoms with Crippen molar-refractivity contribution in [3.8, 4) is 17.1 Å². The van der Waals surface area contributed by atoms with Crippen molar-refractivity contribution in [1.82, 2.24) is 15.2 Å². The van der Waals surface area contributed by atoms with Gasteiger partial charge in [-0.3, -0.25) is 9.69 Å². The first-order valence-electron chi connectivity index (χ1n) is 11.2. The largest absolute Gasteiger partial charge is 0.447 e. The third-order valence-electron chi connectivity index (χ3n) is 6.02. The van der Waals surface area contributed by atoms with E-state index in [0.717, 1.165) is 21.9 Å². The summed E-state index contributed by atoms with van der Waals surface area (Å²) in [6.45, 7) is 0. The molecule has 1 unspecified atom stereocenters. The summed E-state index contributed by atoms with van der Waals surface area (Å²) in [4.78, 5) is 20.4. The zero-order valence-corrected chi connectivity index (χ0v) is 19.6. The third kappa shape index (κ3) is 3.70. The molecule has 0 bridgehead atoms. The number of ether oxygens (including phenoxy) is 1. The molecular weight excluding hydrogens is 456 g/mol. The molecule has 1 aliphatic heterocycles. The van der Waals surface area contributed by atoms with E-state index in [1.165, 1.54) is 11.8 Å². The Morgan fingerprint density at radius 2 is 1.60 bits per heavy atom. The van der Waals surface area contributed by atoms with Crippen LogP contribution in [0.2, 0.25) is 0 Å². The van der Waals surface area contributed by atoms with Crippen molar-refractivity contribution in [2.24, 2.45) is 0 Å². The van der Waals surface area contributed by atoms with Crippen LogP contribution in [0.15, 0.2) is 102 Å². The van der Waals surface area contributed by atoms with Gasteiger partial charge >= 0.3 is 0 Å². The fourth-order valence-electron chi connectivity index (χ4n) is 4.41. The lowest BCUT2D eigenvalue weighted by Gasteiger charge is -2.31. The Morgan fingerprint density at radius 3 is 2.46 bits per heavy atom. The lowest BCUT2D eigenvalue weighted by atomic mass is 10.0. The van der Waals surface area contributed by atoms with Crippen molar-refractivity contribution >= 4 is 34.1 Å². The maximum Gasteiger partial charge on any atom is 0.261 e. The van der Waals surface area contributed by atoms with Gasteiger partial charge in [-0.1, -0.05) is 90.6 Å². The van der Waals surface area contributed by atoms with Crippen LogP contribution in [0, 0.1) is 0 Å². The van der Waals surface area contributed by atoms with E-state index < -0.39 is 6.23 Å². The van der Waals surface area contributed by atoms with Gasteiger partial charge in [0.2, 0.25) is 17.3 Å². The molecule has 7 heteroatoms. The Bertz CT molecular complexity index is 1550. The Morgan fingerprint density at radius 1 is 0.857 bits per heavy atom. The number of hydrogen-bond donors (Lipinski definition) is 0. The molecule has 170 valence electrons. The Balaban J connectivity index is 1.65. The molecule has 0 radical (unpaired) electrons. The van der Waals surface area contributed by atoms with Crippen LogP contribution in [-0.4, -0.2) is 27.3 Å². The first-order valence-corrected chi connectivity index (χ1v) is 12.4. The summed E-state index contributed by atoms with van der Waals surface area (Å²) in [6.07, 6.45) is 1.11. The standard InChI is InChI=1S/C28H20N4O2S/c1-35-28-29-25-24(30-31-28)22-15-7-8-17-23(22)32(26(33)19-11-3-2-4-12-19)27(34-25)21-16-9-13-18-10-5-6-14-20(18)21/h2-17,27H,1H3. The number of amides is 1. The monoisotopic (exact) mass is 476 g/mol. The van der Waals surface area contributed by atoms with Gasteiger partial charge in [0.1, 0.15) is 0 Å². The number of anilines is 1. The number of fused-ring (bicyclic) bond motifs is 4. The minimum atomic E-state index is -0.775. The van der Waals surface area contributed by atoms with E-state index in [1.54, 1.807) is 4.90 Å². The zero-order valence-electron chi connectivity index (χ0n) is 18.8. The van der Waals surface area contributed by atoms with Gasteiger partial charge in [-0.25, -0.2) is 0 Å². The van der Waals surface area contributed by atoms with Gasteiger partial charge in [0.15, 0.2) is 5.69 Å². The molecule has 0 fully saturated rings. The molecule has 6 rings (SSSR count). The van der Waals surface area contributed by atoms with E-state index in [4.69, 9.17) is 4.74 Å². The lowest BCUT2D eigenvalue weighted by molar-refractivity contribution is 0.0911. The van der Waals surface area contributed by atoms with Gasteiger partial charge in [-0.05, 0) is 35.2 Å². The number of para-hydroxylation sites is 1. The molecule has 5 aromatic rings. The minimum Gasteiger partial charge on any atom is -0.447 e. The van der Waals surface area contributed by atoms with Gasteiger partial charge in [0.05, 0.1) is 5.69 Å². The SMILES string of the molecule is CSc1nnc2c(n1)OC(c1cccc3ccccc13)N(C(=O)c1ccccc1)c1ccccc1-2. The van der Waals surface area contributed by atoms with Crippen molar-refractivity contribution in [1.29, 1.82) is 0 Å². The quantitative estimate of drug-likeness (QED) is 0.291. The number of rotatable bonds is 3. The number of carbonyl (C=O) groups excluding carboxylic acids is 1. The first kappa shape index (κ1) is 21.3. The van der Waals surface area contributed by atoms with Gasteiger partial charge < -0.3 is 4.74 Å². The average Bonchev–Trinajstić information content (AvgIpc) is 3.07. The van der Waals surface area contributed by atoms with Gasteiger partial charge in [0.25, 0.3) is 5.91 Å². The topological polar surface area (TPSA) is 68.2 Å². The molecule has 0 N–H and O–H groups in total. The normalized spacial score (nSPS) is 14.5. The van der Waals surface area contributed by atoms with Crippen molar-refractivity contribution < 1.29 is 9.53 Å². The van der Waals surface area contributed by atoms with Gasteiger partial charge in [-0.15, -0.1) is 10.2 Å². The Hall–Kier alpha value is -4.23. The summed E-state index contributed by atoms with van der Waals surface area (Å²) >= 11 is 1.39. The average molecular weight is 477 g/mol. The number of benzene rings is 4. The highest BCUT2D eigenvalue weighted by atomic mass is 32.2. The molecule has 1 amide bonds. The van der Waals surface area contributed by atoms with E-state index in [-0.39, 0.29) is 5.91 Å². The van der Waals surface area contributed by atoms with E-state index in [9.17, 15) is 4.79 Å². The zero-order chi connectivity index (χ0) is 23.8. The maximum absolute atomic E-state index is 14.1.